The van der Waals surface area contributed by atoms with Crippen LogP contribution in [0.15, 0.2) is 0 Å². The van der Waals surface area contributed by atoms with Gasteiger partial charge in [0.2, 0.25) is 0 Å². The van der Waals surface area contributed by atoms with Crippen molar-refractivity contribution in [2.24, 2.45) is 5.73 Å². The molecule has 0 bridgehead atoms. The summed E-state index contributed by atoms with van der Waals surface area (Å²) in [5, 5.41) is 16.5. The minimum atomic E-state index is -0.818. The van der Waals surface area contributed by atoms with Crippen molar-refractivity contribution in [2.75, 3.05) is 18.6 Å². The molecule has 0 aliphatic carbocycles. The normalized spacial score (nSPS) is 8.71. The van der Waals surface area contributed by atoms with Gasteiger partial charge in [-0.3, -0.25) is 9.59 Å². The molecule has 0 heterocycles. The van der Waals surface area contributed by atoms with E-state index < -0.39 is 11.9 Å². The topological polar surface area (TPSA) is 101 Å². The average Bonchev–Trinajstić information content (AvgIpc) is 2.13. The molecular weight excluding hydrogens is 226 g/mol. The van der Waals surface area contributed by atoms with E-state index in [4.69, 9.17) is 10.2 Å². The minimum absolute atomic E-state index is 0.130. The summed E-state index contributed by atoms with van der Waals surface area (Å²) in [5.74, 6) is -0.582. The Balaban J connectivity index is 0. The summed E-state index contributed by atoms with van der Waals surface area (Å²) in [6, 6.07) is 0. The van der Waals surface area contributed by atoms with Crippen molar-refractivity contribution < 1.29 is 19.8 Å². The first-order valence-electron chi connectivity index (χ1n) is 3.88. The smallest absolute Gasteiger partial charge is 0.304 e. The Hall–Kier alpha value is -0.400. The number of rotatable bonds is 7. The molecule has 0 unspecified atom stereocenters. The molecule has 0 fully saturated rings. The van der Waals surface area contributed by atoms with E-state index in [2.05, 4.69) is 5.73 Å². The van der Waals surface area contributed by atoms with Crippen LogP contribution >= 0.6 is 21.6 Å². The van der Waals surface area contributed by atoms with Gasteiger partial charge in [0.15, 0.2) is 0 Å². The van der Waals surface area contributed by atoms with E-state index in [-0.39, 0.29) is 12.8 Å². The fourth-order valence-corrected chi connectivity index (χ4v) is 2.33. The number of carboxylic acid groups (broad SMARTS) is 2. The average molecular weight is 241 g/mol. The second-order valence-electron chi connectivity index (χ2n) is 1.93. The number of nitrogens with two attached hydrogens (primary N) is 1. The third-order valence-electron chi connectivity index (χ3n) is 0.882. The lowest BCUT2D eigenvalue weighted by molar-refractivity contribution is -0.137. The molecule has 0 radical (unpaired) electrons. The van der Waals surface area contributed by atoms with Gasteiger partial charge < -0.3 is 15.9 Å². The largest absolute Gasteiger partial charge is 0.481 e. The molecule has 4 N–H and O–H groups in total. The van der Waals surface area contributed by atoms with E-state index >= 15 is 0 Å². The van der Waals surface area contributed by atoms with Gasteiger partial charge in [-0.1, -0.05) is 21.6 Å². The standard InChI is InChI=1S/C6H10O4S2.CH5N/c7-5(8)1-3-11-12-4-2-6(9)10;1-2/h1-4H2,(H,7,8)(H,9,10);2H2,1H3. The lowest BCUT2D eigenvalue weighted by atomic mass is 10.5. The maximum atomic E-state index is 10.0. The summed E-state index contributed by atoms with van der Waals surface area (Å²) in [4.78, 5) is 20.0. The van der Waals surface area contributed by atoms with Crippen LogP contribution < -0.4 is 5.73 Å². The van der Waals surface area contributed by atoms with E-state index in [0.717, 1.165) is 0 Å². The Kier molecular flexibility index (Phi) is 14.4. The molecule has 5 nitrogen and oxygen atoms in total. The van der Waals surface area contributed by atoms with Crippen LogP contribution in [0.5, 0.6) is 0 Å². The molecule has 0 saturated heterocycles. The molecule has 0 saturated carbocycles. The molecule has 14 heavy (non-hydrogen) atoms. The highest BCUT2D eigenvalue weighted by Crippen LogP contribution is 2.22. The predicted molar refractivity (Wildman–Crippen MR) is 59.5 cm³/mol. The minimum Gasteiger partial charge on any atom is -0.481 e. The van der Waals surface area contributed by atoms with E-state index in [1.54, 1.807) is 0 Å². The molecule has 0 aliphatic heterocycles. The second kappa shape index (κ2) is 12.6. The number of hydrogen-bond acceptors (Lipinski definition) is 5. The maximum absolute atomic E-state index is 10.0. The number of carboxylic acids is 2. The first-order chi connectivity index (χ1) is 6.63. The van der Waals surface area contributed by atoms with Crippen LogP contribution in [-0.4, -0.2) is 40.7 Å². The van der Waals surface area contributed by atoms with Crippen LogP contribution in [0.3, 0.4) is 0 Å². The van der Waals surface area contributed by atoms with Gasteiger partial charge in [-0.05, 0) is 7.05 Å². The first-order valence-corrected chi connectivity index (χ1v) is 6.37. The Bertz CT molecular complexity index is 148. The highest BCUT2D eigenvalue weighted by atomic mass is 33.1. The van der Waals surface area contributed by atoms with Crippen molar-refractivity contribution in [1.82, 2.24) is 0 Å². The predicted octanol–water partition coefficient (Wildman–Crippen LogP) is 0.892. The molecule has 0 spiro atoms. The fourth-order valence-electron chi connectivity index (χ4n) is 0.376. The molecule has 0 rings (SSSR count). The third kappa shape index (κ3) is 17.6. The van der Waals surface area contributed by atoms with Gasteiger partial charge in [0, 0.05) is 11.5 Å². The maximum Gasteiger partial charge on any atom is 0.304 e. The molecule has 7 heteroatoms. The third-order valence-corrected chi connectivity index (χ3v) is 3.29. The van der Waals surface area contributed by atoms with Gasteiger partial charge in [0.1, 0.15) is 0 Å². The number of hydrogen-bond donors (Lipinski definition) is 3. The summed E-state index contributed by atoms with van der Waals surface area (Å²) in [6.07, 6.45) is 0.259. The molecule has 0 aromatic rings. The van der Waals surface area contributed by atoms with Crippen LogP contribution in [0.1, 0.15) is 12.8 Å². The van der Waals surface area contributed by atoms with Gasteiger partial charge in [-0.25, -0.2) is 0 Å². The van der Waals surface area contributed by atoms with Crippen LogP contribution in [0.2, 0.25) is 0 Å². The highest BCUT2D eigenvalue weighted by Gasteiger charge is 1.99. The van der Waals surface area contributed by atoms with Crippen LogP contribution in [0.25, 0.3) is 0 Å². The molecule has 0 amide bonds. The van der Waals surface area contributed by atoms with Crippen molar-refractivity contribution >= 4 is 33.5 Å². The van der Waals surface area contributed by atoms with E-state index in [0.29, 0.717) is 11.5 Å². The molecule has 84 valence electrons. The Labute approximate surface area is 90.8 Å². The van der Waals surface area contributed by atoms with E-state index in [1.807, 2.05) is 0 Å². The molecule has 0 aliphatic rings. The van der Waals surface area contributed by atoms with Gasteiger partial charge in [0.05, 0.1) is 12.8 Å². The zero-order valence-electron chi connectivity index (χ0n) is 7.93. The van der Waals surface area contributed by atoms with Crippen LogP contribution in [0.4, 0.5) is 0 Å². The zero-order chi connectivity index (χ0) is 11.4. The van der Waals surface area contributed by atoms with Crippen molar-refractivity contribution in [3.05, 3.63) is 0 Å². The summed E-state index contributed by atoms with van der Waals surface area (Å²) < 4.78 is 0. The van der Waals surface area contributed by atoms with Crippen LogP contribution in [0, 0.1) is 0 Å². The van der Waals surface area contributed by atoms with Gasteiger partial charge in [-0.2, -0.15) is 0 Å². The summed E-state index contributed by atoms with van der Waals surface area (Å²) in [5.41, 5.74) is 4.50. The Morgan fingerprint density at radius 1 is 1.00 bits per heavy atom. The number of aliphatic carboxylic acids is 2. The SMILES string of the molecule is CN.O=C(O)CCSSCCC(=O)O. The summed E-state index contributed by atoms with van der Waals surface area (Å²) >= 11 is 0. The number of carbonyl (C=O) groups is 2. The lowest BCUT2D eigenvalue weighted by Crippen LogP contribution is -1.96. The van der Waals surface area contributed by atoms with Crippen molar-refractivity contribution in [3.63, 3.8) is 0 Å². The molecular formula is C7H15NO4S2. The van der Waals surface area contributed by atoms with Crippen LogP contribution in [-0.2, 0) is 9.59 Å². The monoisotopic (exact) mass is 241 g/mol. The molecule has 0 atom stereocenters. The summed E-state index contributed by atoms with van der Waals surface area (Å²) in [7, 11) is 4.29. The summed E-state index contributed by atoms with van der Waals surface area (Å²) in [6.45, 7) is 0. The van der Waals surface area contributed by atoms with E-state index in [9.17, 15) is 9.59 Å². The highest BCUT2D eigenvalue weighted by molar-refractivity contribution is 8.76. The lowest BCUT2D eigenvalue weighted by Gasteiger charge is -1.95. The van der Waals surface area contributed by atoms with E-state index in [1.165, 1.54) is 28.6 Å². The quantitative estimate of drug-likeness (QED) is 0.449. The Morgan fingerprint density at radius 2 is 1.29 bits per heavy atom. The van der Waals surface area contributed by atoms with Crippen molar-refractivity contribution in [1.29, 1.82) is 0 Å². The van der Waals surface area contributed by atoms with Gasteiger partial charge in [0.25, 0.3) is 0 Å². The molecule has 0 aromatic heterocycles. The zero-order valence-corrected chi connectivity index (χ0v) is 9.57. The van der Waals surface area contributed by atoms with Crippen molar-refractivity contribution in [2.45, 2.75) is 12.8 Å². The Morgan fingerprint density at radius 3 is 1.50 bits per heavy atom. The second-order valence-corrected chi connectivity index (χ2v) is 4.63. The first kappa shape index (κ1) is 16.0. The molecule has 0 aromatic carbocycles. The fraction of sp³-hybridized carbons (Fsp3) is 0.714. The van der Waals surface area contributed by atoms with Crippen molar-refractivity contribution in [3.8, 4) is 0 Å². The van der Waals surface area contributed by atoms with Gasteiger partial charge >= 0.3 is 11.9 Å². The van der Waals surface area contributed by atoms with Gasteiger partial charge in [-0.15, -0.1) is 0 Å².